The van der Waals surface area contributed by atoms with Gasteiger partial charge < -0.3 is 15.2 Å². The fourth-order valence-electron chi connectivity index (χ4n) is 4.04. The Bertz CT molecular complexity index is 1560. The third-order valence-electron chi connectivity index (χ3n) is 5.83. The summed E-state index contributed by atoms with van der Waals surface area (Å²) in [6, 6.07) is 13.1. The van der Waals surface area contributed by atoms with Gasteiger partial charge in [0.2, 0.25) is 0 Å². The third-order valence-corrected chi connectivity index (χ3v) is 5.83. The SMILES string of the molecule is CCOc1cc(F)c(Cn2nc(-c3nc(CO)cc(Nc4ccncc4C)n3)c3ccccc32)c(F)c1. The Kier molecular flexibility index (Phi) is 6.74. The zero-order valence-electron chi connectivity index (χ0n) is 20.2. The molecule has 8 nitrogen and oxygen atoms in total. The lowest BCUT2D eigenvalue weighted by Crippen LogP contribution is -2.08. The van der Waals surface area contributed by atoms with E-state index in [-0.39, 0.29) is 30.3 Å². The van der Waals surface area contributed by atoms with Crippen LogP contribution in [0.2, 0.25) is 0 Å². The molecule has 0 bridgehead atoms. The molecule has 0 fully saturated rings. The highest BCUT2D eigenvalue weighted by atomic mass is 19.1. The van der Waals surface area contributed by atoms with Gasteiger partial charge in [0.15, 0.2) is 5.82 Å². The van der Waals surface area contributed by atoms with E-state index in [9.17, 15) is 13.9 Å². The standard InChI is InChI=1S/C27H24F2N6O2/c1-3-37-18-11-21(28)20(22(29)12-18)14-35-24-7-5-4-6-19(24)26(34-35)27-31-17(15-36)10-25(33-27)32-23-8-9-30-13-16(23)2/h4-13,36H,3,14-15H2,1-2H3,(H,30,31,32,33). The van der Waals surface area contributed by atoms with E-state index in [1.165, 1.54) is 16.8 Å². The summed E-state index contributed by atoms with van der Waals surface area (Å²) in [6.45, 7) is 3.51. The van der Waals surface area contributed by atoms with Crippen molar-refractivity contribution in [2.75, 3.05) is 11.9 Å². The molecular formula is C27H24F2N6O2. The smallest absolute Gasteiger partial charge is 0.183 e. The number of aliphatic hydroxyl groups is 1. The average molecular weight is 503 g/mol. The average Bonchev–Trinajstić information content (AvgIpc) is 3.26. The van der Waals surface area contributed by atoms with Crippen LogP contribution in [0.5, 0.6) is 5.75 Å². The van der Waals surface area contributed by atoms with Crippen LogP contribution in [-0.4, -0.2) is 36.4 Å². The van der Waals surface area contributed by atoms with Crippen LogP contribution < -0.4 is 10.1 Å². The van der Waals surface area contributed by atoms with Crippen molar-refractivity contribution in [3.8, 4) is 17.3 Å². The molecule has 0 unspecified atom stereocenters. The van der Waals surface area contributed by atoms with Gasteiger partial charge in [-0.2, -0.15) is 5.10 Å². The molecule has 0 atom stereocenters. The van der Waals surface area contributed by atoms with Crippen molar-refractivity contribution in [3.63, 3.8) is 0 Å². The highest BCUT2D eigenvalue weighted by Gasteiger charge is 2.19. The number of benzene rings is 2. The molecule has 0 amide bonds. The summed E-state index contributed by atoms with van der Waals surface area (Å²) < 4.78 is 36.4. The number of fused-ring (bicyclic) bond motifs is 1. The van der Waals surface area contributed by atoms with Crippen molar-refractivity contribution in [1.82, 2.24) is 24.7 Å². The maximum absolute atomic E-state index is 14.8. The molecule has 2 N–H and O–H groups in total. The van der Waals surface area contributed by atoms with Gasteiger partial charge in [-0.25, -0.2) is 18.7 Å². The summed E-state index contributed by atoms with van der Waals surface area (Å²) in [6.07, 6.45) is 3.39. The lowest BCUT2D eigenvalue weighted by molar-refractivity contribution is 0.277. The number of para-hydroxylation sites is 1. The maximum Gasteiger partial charge on any atom is 0.183 e. The normalized spacial score (nSPS) is 11.2. The van der Waals surface area contributed by atoms with Crippen LogP contribution in [0.3, 0.4) is 0 Å². The fraction of sp³-hybridized carbons (Fsp3) is 0.185. The van der Waals surface area contributed by atoms with Crippen molar-refractivity contribution in [1.29, 1.82) is 0 Å². The molecule has 0 aliphatic rings. The molecule has 0 saturated carbocycles. The predicted octanol–water partition coefficient (Wildman–Crippen LogP) is 5.16. The van der Waals surface area contributed by atoms with E-state index in [1.54, 1.807) is 25.4 Å². The predicted molar refractivity (Wildman–Crippen MR) is 136 cm³/mol. The van der Waals surface area contributed by atoms with Crippen molar-refractivity contribution in [2.24, 2.45) is 0 Å². The molecule has 3 aromatic heterocycles. The van der Waals surface area contributed by atoms with E-state index in [4.69, 9.17) is 4.74 Å². The molecule has 5 rings (SSSR count). The second-order valence-corrected chi connectivity index (χ2v) is 8.36. The number of pyridine rings is 1. The first kappa shape index (κ1) is 24.3. The molecule has 0 aliphatic carbocycles. The first-order valence-electron chi connectivity index (χ1n) is 11.7. The summed E-state index contributed by atoms with van der Waals surface area (Å²) in [5, 5.41) is 18.4. The van der Waals surface area contributed by atoms with Gasteiger partial charge in [-0.3, -0.25) is 9.67 Å². The number of nitrogens with one attached hydrogen (secondary N) is 1. The van der Waals surface area contributed by atoms with E-state index in [1.807, 2.05) is 37.3 Å². The molecule has 0 radical (unpaired) electrons. The van der Waals surface area contributed by atoms with Crippen LogP contribution in [0.4, 0.5) is 20.3 Å². The van der Waals surface area contributed by atoms with Crippen LogP contribution in [0.25, 0.3) is 22.4 Å². The third kappa shape index (κ3) is 4.96. The zero-order chi connectivity index (χ0) is 25.9. The van der Waals surface area contributed by atoms with Crippen molar-refractivity contribution in [3.05, 3.63) is 89.4 Å². The highest BCUT2D eigenvalue weighted by Crippen LogP contribution is 2.30. The molecule has 0 saturated heterocycles. The van der Waals surface area contributed by atoms with Crippen molar-refractivity contribution in [2.45, 2.75) is 27.0 Å². The van der Waals surface area contributed by atoms with Gasteiger partial charge in [0, 0.05) is 47.2 Å². The minimum Gasteiger partial charge on any atom is -0.494 e. The number of aliphatic hydroxyl groups excluding tert-OH is 1. The minimum absolute atomic E-state index is 0.131. The molecule has 188 valence electrons. The Morgan fingerprint density at radius 1 is 1.05 bits per heavy atom. The van der Waals surface area contributed by atoms with Crippen molar-refractivity contribution >= 4 is 22.4 Å². The molecule has 10 heteroatoms. The number of ether oxygens (including phenoxy) is 1. The number of rotatable bonds is 8. The Balaban J connectivity index is 1.58. The van der Waals surface area contributed by atoms with Crippen molar-refractivity contribution < 1.29 is 18.6 Å². The Hall–Kier alpha value is -4.44. The number of nitrogens with zero attached hydrogens (tertiary/aromatic N) is 5. The van der Waals surface area contributed by atoms with Gasteiger partial charge in [-0.05, 0) is 31.5 Å². The van der Waals surface area contributed by atoms with E-state index in [0.717, 1.165) is 11.3 Å². The summed E-state index contributed by atoms with van der Waals surface area (Å²) in [7, 11) is 0. The first-order chi connectivity index (χ1) is 18.0. The Morgan fingerprint density at radius 2 is 1.84 bits per heavy atom. The number of halogens is 2. The zero-order valence-corrected chi connectivity index (χ0v) is 20.2. The maximum atomic E-state index is 14.8. The van der Waals surface area contributed by atoms with Crippen LogP contribution in [-0.2, 0) is 13.2 Å². The second-order valence-electron chi connectivity index (χ2n) is 8.36. The second kappa shape index (κ2) is 10.3. The Morgan fingerprint density at radius 3 is 2.57 bits per heavy atom. The molecule has 3 heterocycles. The number of anilines is 2. The monoisotopic (exact) mass is 502 g/mol. The Labute approximate surface area is 211 Å². The quantitative estimate of drug-likeness (QED) is 0.303. The van der Waals surface area contributed by atoms with Gasteiger partial charge >= 0.3 is 0 Å². The summed E-state index contributed by atoms with van der Waals surface area (Å²) in [5.74, 6) is -0.579. The van der Waals surface area contributed by atoms with Gasteiger partial charge in [0.05, 0.1) is 31.0 Å². The number of aryl methyl sites for hydroxylation is 1. The lowest BCUT2D eigenvalue weighted by Gasteiger charge is -2.10. The van der Waals surface area contributed by atoms with Gasteiger partial charge in [0.25, 0.3) is 0 Å². The van der Waals surface area contributed by atoms with Crippen LogP contribution in [0, 0.1) is 18.6 Å². The van der Waals surface area contributed by atoms with E-state index in [2.05, 4.69) is 25.4 Å². The van der Waals surface area contributed by atoms with Gasteiger partial charge in [-0.1, -0.05) is 18.2 Å². The van der Waals surface area contributed by atoms with Gasteiger partial charge in [-0.15, -0.1) is 0 Å². The van der Waals surface area contributed by atoms with Crippen LogP contribution >= 0.6 is 0 Å². The largest absolute Gasteiger partial charge is 0.494 e. The molecule has 0 aliphatic heterocycles. The van der Waals surface area contributed by atoms with E-state index in [0.29, 0.717) is 34.7 Å². The van der Waals surface area contributed by atoms with Gasteiger partial charge in [0.1, 0.15) is 28.9 Å². The summed E-state index contributed by atoms with van der Waals surface area (Å²) in [5.41, 5.74) is 3.06. The minimum atomic E-state index is -0.720. The van der Waals surface area contributed by atoms with Crippen LogP contribution in [0.1, 0.15) is 23.7 Å². The van der Waals surface area contributed by atoms with Crippen LogP contribution in [0.15, 0.2) is 60.9 Å². The summed E-state index contributed by atoms with van der Waals surface area (Å²) >= 11 is 0. The molecular weight excluding hydrogens is 478 g/mol. The number of hydrogen-bond acceptors (Lipinski definition) is 7. The summed E-state index contributed by atoms with van der Waals surface area (Å²) in [4.78, 5) is 13.2. The fourth-order valence-corrected chi connectivity index (χ4v) is 4.04. The molecule has 37 heavy (non-hydrogen) atoms. The molecule has 2 aromatic carbocycles. The number of aromatic nitrogens is 5. The lowest BCUT2D eigenvalue weighted by atomic mass is 10.1. The van der Waals surface area contributed by atoms with E-state index >= 15 is 0 Å². The van der Waals surface area contributed by atoms with E-state index < -0.39 is 11.6 Å². The molecule has 0 spiro atoms. The topological polar surface area (TPSA) is 98.0 Å². The highest BCUT2D eigenvalue weighted by molar-refractivity contribution is 5.91. The first-order valence-corrected chi connectivity index (χ1v) is 11.7. The molecule has 5 aromatic rings. The number of hydrogen-bond donors (Lipinski definition) is 2.